The minimum absolute atomic E-state index is 0.108. The van der Waals surface area contributed by atoms with Gasteiger partial charge in [-0.1, -0.05) is 12.2 Å². The zero-order valence-electron chi connectivity index (χ0n) is 10.4. The van der Waals surface area contributed by atoms with Crippen LogP contribution in [0.3, 0.4) is 0 Å². The SMILES string of the molecule is O=C1[C@H]2[C@H](C(=O)N1c1ccc(F)c(F)c1)[C@H]1C=C[C@H]2C1. The molecule has 2 aliphatic carbocycles. The summed E-state index contributed by atoms with van der Waals surface area (Å²) in [6.07, 6.45) is 4.83. The number of hydrogen-bond acceptors (Lipinski definition) is 2. The maximum atomic E-state index is 13.3. The van der Waals surface area contributed by atoms with E-state index >= 15 is 0 Å². The molecule has 1 aromatic carbocycles. The highest BCUT2D eigenvalue weighted by atomic mass is 19.2. The second-order valence-electron chi connectivity index (χ2n) is 5.61. The summed E-state index contributed by atoms with van der Waals surface area (Å²) in [6, 6.07) is 3.11. The van der Waals surface area contributed by atoms with E-state index in [1.54, 1.807) is 0 Å². The molecule has 1 saturated heterocycles. The van der Waals surface area contributed by atoms with Crippen molar-refractivity contribution in [3.05, 3.63) is 42.0 Å². The Labute approximate surface area is 113 Å². The molecule has 5 heteroatoms. The summed E-state index contributed by atoms with van der Waals surface area (Å²) in [5.74, 6) is -3.06. The number of hydrogen-bond donors (Lipinski definition) is 0. The molecule has 20 heavy (non-hydrogen) atoms. The van der Waals surface area contributed by atoms with Gasteiger partial charge in [0.2, 0.25) is 11.8 Å². The van der Waals surface area contributed by atoms with Crippen molar-refractivity contribution in [2.24, 2.45) is 23.7 Å². The Bertz CT molecular complexity index is 640. The standard InChI is InChI=1S/C15H11F2NO2/c16-10-4-3-9(6-11(10)17)18-14(19)12-7-1-2-8(5-7)13(12)15(18)20/h1-4,6-8,12-13H,5H2/t7-,8-,12+,13+/m0/s1. The first-order valence-electron chi connectivity index (χ1n) is 6.59. The van der Waals surface area contributed by atoms with E-state index in [2.05, 4.69) is 0 Å². The molecule has 1 heterocycles. The Kier molecular flexibility index (Phi) is 2.20. The predicted molar refractivity (Wildman–Crippen MR) is 66.6 cm³/mol. The lowest BCUT2D eigenvalue weighted by atomic mass is 9.85. The first-order valence-corrected chi connectivity index (χ1v) is 6.59. The fraction of sp³-hybridized carbons (Fsp3) is 0.333. The van der Waals surface area contributed by atoms with Crippen molar-refractivity contribution in [1.82, 2.24) is 0 Å². The van der Waals surface area contributed by atoms with Crippen LogP contribution in [0.15, 0.2) is 30.4 Å². The van der Waals surface area contributed by atoms with Crippen LogP contribution in [0.4, 0.5) is 14.5 Å². The summed E-state index contributed by atoms with van der Waals surface area (Å²) in [7, 11) is 0. The van der Waals surface area contributed by atoms with Crippen LogP contribution in [0.2, 0.25) is 0 Å². The molecule has 1 saturated carbocycles. The fourth-order valence-electron chi connectivity index (χ4n) is 3.78. The van der Waals surface area contributed by atoms with E-state index in [0.717, 1.165) is 23.5 Å². The number of amides is 2. The third kappa shape index (κ3) is 1.32. The van der Waals surface area contributed by atoms with Crippen LogP contribution in [0.25, 0.3) is 0 Å². The van der Waals surface area contributed by atoms with Gasteiger partial charge in [0.1, 0.15) is 0 Å². The molecule has 4 rings (SSSR count). The molecule has 3 nitrogen and oxygen atoms in total. The highest BCUT2D eigenvalue weighted by molar-refractivity contribution is 6.22. The van der Waals surface area contributed by atoms with Gasteiger partial charge in [-0.2, -0.15) is 0 Å². The molecule has 1 aliphatic heterocycles. The first kappa shape index (κ1) is 11.8. The topological polar surface area (TPSA) is 37.4 Å². The number of imide groups is 1. The molecule has 0 unspecified atom stereocenters. The number of halogens is 2. The van der Waals surface area contributed by atoms with Crippen LogP contribution >= 0.6 is 0 Å². The normalized spacial score (nSPS) is 34.2. The van der Waals surface area contributed by atoms with Gasteiger partial charge in [-0.15, -0.1) is 0 Å². The minimum atomic E-state index is -1.05. The molecular weight excluding hydrogens is 264 g/mol. The molecule has 102 valence electrons. The maximum absolute atomic E-state index is 13.3. The molecule has 1 aromatic rings. The molecule has 3 aliphatic rings. The van der Waals surface area contributed by atoms with Gasteiger partial charge < -0.3 is 0 Å². The largest absolute Gasteiger partial charge is 0.274 e. The van der Waals surface area contributed by atoms with Crippen LogP contribution in [0, 0.1) is 35.3 Å². The zero-order valence-corrected chi connectivity index (χ0v) is 10.4. The monoisotopic (exact) mass is 275 g/mol. The molecule has 0 aromatic heterocycles. The van der Waals surface area contributed by atoms with Crippen molar-refractivity contribution in [2.45, 2.75) is 6.42 Å². The van der Waals surface area contributed by atoms with E-state index in [9.17, 15) is 18.4 Å². The fourth-order valence-corrected chi connectivity index (χ4v) is 3.78. The van der Waals surface area contributed by atoms with E-state index < -0.39 is 11.6 Å². The van der Waals surface area contributed by atoms with Crippen LogP contribution in [-0.4, -0.2) is 11.8 Å². The predicted octanol–water partition coefficient (Wildman–Crippen LogP) is 2.28. The number of benzene rings is 1. The minimum Gasteiger partial charge on any atom is -0.274 e. The van der Waals surface area contributed by atoms with Gasteiger partial charge in [0.05, 0.1) is 17.5 Å². The van der Waals surface area contributed by atoms with E-state index in [-0.39, 0.29) is 41.2 Å². The van der Waals surface area contributed by atoms with Gasteiger partial charge in [-0.3, -0.25) is 9.59 Å². The summed E-state index contributed by atoms with van der Waals surface area (Å²) in [5, 5.41) is 0. The molecule has 2 fully saturated rings. The second-order valence-corrected chi connectivity index (χ2v) is 5.61. The molecule has 2 bridgehead atoms. The highest BCUT2D eigenvalue weighted by Gasteiger charge is 2.59. The summed E-state index contributed by atoms with van der Waals surface area (Å²) in [5.41, 5.74) is 0.118. The van der Waals surface area contributed by atoms with Gasteiger partial charge in [-0.25, -0.2) is 13.7 Å². The maximum Gasteiger partial charge on any atom is 0.238 e. The third-order valence-corrected chi connectivity index (χ3v) is 4.63. The second kappa shape index (κ2) is 3.75. The number of nitrogens with zero attached hydrogens (tertiary/aromatic N) is 1. The lowest BCUT2D eigenvalue weighted by Gasteiger charge is -2.17. The number of allylic oxidation sites excluding steroid dienone is 2. The van der Waals surface area contributed by atoms with Crippen LogP contribution in [-0.2, 0) is 9.59 Å². The van der Waals surface area contributed by atoms with Crippen LogP contribution in [0.1, 0.15) is 6.42 Å². The Morgan fingerprint density at radius 3 is 2.10 bits per heavy atom. The van der Waals surface area contributed by atoms with Crippen molar-refractivity contribution in [2.75, 3.05) is 4.90 Å². The Morgan fingerprint density at radius 1 is 0.950 bits per heavy atom. The average molecular weight is 275 g/mol. The number of rotatable bonds is 1. The molecule has 0 spiro atoms. The number of carbonyl (C=O) groups excluding carboxylic acids is 2. The number of carbonyl (C=O) groups is 2. The summed E-state index contributed by atoms with van der Waals surface area (Å²) < 4.78 is 26.3. The molecule has 0 N–H and O–H groups in total. The molecule has 4 atom stereocenters. The van der Waals surface area contributed by atoms with Gasteiger partial charge in [0.25, 0.3) is 0 Å². The van der Waals surface area contributed by atoms with Crippen molar-refractivity contribution in [3.8, 4) is 0 Å². The van der Waals surface area contributed by atoms with Crippen LogP contribution < -0.4 is 4.90 Å². The average Bonchev–Trinajstić information content (AvgIpc) is 3.08. The number of fused-ring (bicyclic) bond motifs is 5. The summed E-state index contributed by atoms with van der Waals surface area (Å²) >= 11 is 0. The quantitative estimate of drug-likeness (QED) is 0.582. The van der Waals surface area contributed by atoms with E-state index in [4.69, 9.17) is 0 Å². The van der Waals surface area contributed by atoms with Gasteiger partial charge in [0.15, 0.2) is 11.6 Å². The molecular formula is C15H11F2NO2. The molecule has 0 radical (unpaired) electrons. The Balaban J connectivity index is 1.76. The Morgan fingerprint density at radius 2 is 1.55 bits per heavy atom. The lowest BCUT2D eigenvalue weighted by molar-refractivity contribution is -0.123. The van der Waals surface area contributed by atoms with Crippen molar-refractivity contribution >= 4 is 17.5 Å². The summed E-state index contributed by atoms with van der Waals surface area (Å²) in [6.45, 7) is 0. The van der Waals surface area contributed by atoms with Crippen molar-refractivity contribution in [3.63, 3.8) is 0 Å². The van der Waals surface area contributed by atoms with Gasteiger partial charge in [-0.05, 0) is 30.4 Å². The third-order valence-electron chi connectivity index (χ3n) is 4.63. The van der Waals surface area contributed by atoms with E-state index in [0.29, 0.717) is 0 Å². The van der Waals surface area contributed by atoms with E-state index in [1.165, 1.54) is 6.07 Å². The van der Waals surface area contributed by atoms with Crippen LogP contribution in [0.5, 0.6) is 0 Å². The Hall–Kier alpha value is -2.04. The van der Waals surface area contributed by atoms with Gasteiger partial charge >= 0.3 is 0 Å². The zero-order chi connectivity index (χ0) is 14.0. The van der Waals surface area contributed by atoms with E-state index in [1.807, 2.05) is 12.2 Å². The first-order chi connectivity index (χ1) is 9.58. The number of anilines is 1. The summed E-state index contributed by atoms with van der Waals surface area (Å²) in [4.78, 5) is 25.9. The van der Waals surface area contributed by atoms with Gasteiger partial charge in [0, 0.05) is 6.07 Å². The van der Waals surface area contributed by atoms with Crippen molar-refractivity contribution < 1.29 is 18.4 Å². The highest BCUT2D eigenvalue weighted by Crippen LogP contribution is 2.53. The van der Waals surface area contributed by atoms with Crippen molar-refractivity contribution in [1.29, 1.82) is 0 Å². The molecule has 2 amide bonds. The lowest BCUT2D eigenvalue weighted by Crippen LogP contribution is -2.32. The smallest absolute Gasteiger partial charge is 0.238 e.